The molecule has 8 nitrogen and oxygen atoms in total. The third kappa shape index (κ3) is 9.05. The SMILES string of the molecule is Cc1cc[c-]c(-n2[c-][n+](C)cc2)c1.Cc1cc[c-]c(-n2[c-][n+](C)cc2)c1.FC(F)(F)c1n[n-]c(-c2ccccn2)n1.[Ir]. The quantitative estimate of drug-likeness (QED) is 0.204. The van der Waals surface area contributed by atoms with Crippen LogP contribution in [0.3, 0.4) is 0 Å². The summed E-state index contributed by atoms with van der Waals surface area (Å²) < 4.78 is 44.0. The molecule has 0 unspecified atom stereocenters. The van der Waals surface area contributed by atoms with Gasteiger partial charge >= 0.3 is 6.18 Å². The molecule has 0 N–H and O–H groups in total. The summed E-state index contributed by atoms with van der Waals surface area (Å²) in [6.07, 6.45) is 11.0. The molecule has 0 spiro atoms. The van der Waals surface area contributed by atoms with Gasteiger partial charge < -0.3 is 28.4 Å². The molecule has 0 fully saturated rings. The van der Waals surface area contributed by atoms with Gasteiger partial charge in [0.1, 0.15) is 5.82 Å². The number of nitrogens with zero attached hydrogens (tertiary/aromatic N) is 8. The van der Waals surface area contributed by atoms with Crippen molar-refractivity contribution in [2.75, 3.05) is 0 Å². The molecule has 0 bridgehead atoms. The first-order valence-electron chi connectivity index (χ1n) is 12.3. The van der Waals surface area contributed by atoms with E-state index in [1.807, 2.05) is 81.4 Å². The zero-order valence-corrected chi connectivity index (χ0v) is 25.5. The molecule has 6 aromatic rings. The van der Waals surface area contributed by atoms with Gasteiger partial charge in [0, 0.05) is 51.1 Å². The van der Waals surface area contributed by atoms with Crippen LogP contribution >= 0.6 is 0 Å². The van der Waals surface area contributed by atoms with Crippen molar-refractivity contribution in [2.24, 2.45) is 14.1 Å². The minimum absolute atomic E-state index is 0. The van der Waals surface area contributed by atoms with Crippen LogP contribution < -0.4 is 14.2 Å². The molecular weight excluding hydrogens is 722 g/mol. The van der Waals surface area contributed by atoms with Gasteiger partial charge in [0.15, 0.2) is 0 Å². The Morgan fingerprint density at radius 3 is 1.76 bits per heavy atom. The maximum atomic E-state index is 12.1. The van der Waals surface area contributed by atoms with E-state index >= 15 is 0 Å². The third-order valence-corrected chi connectivity index (χ3v) is 5.41. The molecule has 0 atom stereocenters. The molecular formula is C30H26F3IrN8-3. The normalized spacial score (nSPS) is 10.5. The Hall–Kier alpha value is -4.41. The maximum Gasteiger partial charge on any atom is 0.429 e. The van der Waals surface area contributed by atoms with Gasteiger partial charge in [0.25, 0.3) is 0 Å². The zero-order valence-electron chi connectivity index (χ0n) is 23.1. The van der Waals surface area contributed by atoms with Crippen molar-refractivity contribution in [1.82, 2.24) is 29.3 Å². The van der Waals surface area contributed by atoms with Gasteiger partial charge in [-0.2, -0.15) is 72.8 Å². The van der Waals surface area contributed by atoms with Crippen molar-refractivity contribution in [3.05, 3.63) is 127 Å². The van der Waals surface area contributed by atoms with Crippen molar-refractivity contribution >= 4 is 0 Å². The molecule has 4 aromatic heterocycles. The van der Waals surface area contributed by atoms with Gasteiger partial charge in [-0.1, -0.05) is 31.3 Å². The Labute approximate surface area is 255 Å². The number of aromatic nitrogens is 8. The van der Waals surface area contributed by atoms with Gasteiger partial charge in [0.05, 0.1) is 19.8 Å². The first kappa shape index (κ1) is 32.1. The fourth-order valence-corrected chi connectivity index (χ4v) is 3.44. The number of alkyl halides is 3. The fourth-order valence-electron chi connectivity index (χ4n) is 3.44. The van der Waals surface area contributed by atoms with E-state index in [1.54, 1.807) is 12.1 Å². The van der Waals surface area contributed by atoms with Crippen LogP contribution in [0.5, 0.6) is 0 Å². The molecule has 0 aliphatic carbocycles. The van der Waals surface area contributed by atoms with E-state index in [9.17, 15) is 13.2 Å². The molecule has 219 valence electrons. The topological polar surface area (TPSA) is 70.4 Å². The molecule has 4 heterocycles. The Morgan fingerprint density at radius 1 is 0.833 bits per heavy atom. The average Bonchev–Trinajstić information content (AvgIpc) is 3.71. The first-order valence-corrected chi connectivity index (χ1v) is 12.3. The van der Waals surface area contributed by atoms with E-state index in [2.05, 4.69) is 70.9 Å². The van der Waals surface area contributed by atoms with Crippen LogP contribution in [0.1, 0.15) is 17.0 Å². The predicted octanol–water partition coefficient (Wildman–Crippen LogP) is 3.93. The number of hydrogen-bond donors (Lipinski definition) is 0. The number of pyridine rings is 1. The van der Waals surface area contributed by atoms with Crippen molar-refractivity contribution in [3.8, 4) is 22.9 Å². The minimum Gasteiger partial charge on any atom is -0.413 e. The van der Waals surface area contributed by atoms with Crippen molar-refractivity contribution in [1.29, 1.82) is 0 Å². The molecule has 0 saturated heterocycles. The Kier molecular flexibility index (Phi) is 11.1. The van der Waals surface area contributed by atoms with Crippen LogP contribution in [-0.4, -0.2) is 24.2 Å². The molecule has 2 aromatic carbocycles. The largest absolute Gasteiger partial charge is 0.429 e. The van der Waals surface area contributed by atoms with Gasteiger partial charge in [-0.3, -0.25) is 10.1 Å². The molecule has 6 rings (SSSR count). The van der Waals surface area contributed by atoms with Crippen molar-refractivity contribution in [3.63, 3.8) is 0 Å². The Balaban J connectivity index is 0.000000171. The Morgan fingerprint density at radius 2 is 1.38 bits per heavy atom. The summed E-state index contributed by atoms with van der Waals surface area (Å²) in [7, 11) is 3.90. The van der Waals surface area contributed by atoms with Crippen LogP contribution in [0.25, 0.3) is 22.9 Å². The van der Waals surface area contributed by atoms with Crippen LogP contribution in [0, 0.1) is 38.6 Å². The number of hydrogen-bond acceptors (Lipinski definition) is 3. The molecule has 0 aliphatic rings. The second-order valence-electron chi connectivity index (χ2n) is 8.93. The van der Waals surface area contributed by atoms with Crippen LogP contribution in [-0.2, 0) is 40.4 Å². The summed E-state index contributed by atoms with van der Waals surface area (Å²) in [6, 6.07) is 23.2. The summed E-state index contributed by atoms with van der Waals surface area (Å²) in [5.41, 5.74) is 4.79. The van der Waals surface area contributed by atoms with Crippen molar-refractivity contribution in [2.45, 2.75) is 20.0 Å². The number of rotatable bonds is 3. The smallest absolute Gasteiger partial charge is 0.413 e. The number of benzene rings is 2. The fraction of sp³-hybridized carbons (Fsp3) is 0.167. The van der Waals surface area contributed by atoms with Gasteiger partial charge in [0.2, 0.25) is 12.7 Å². The van der Waals surface area contributed by atoms with Gasteiger partial charge in [-0.25, -0.2) is 0 Å². The minimum atomic E-state index is -4.57. The second-order valence-corrected chi connectivity index (χ2v) is 8.93. The number of aryl methyl sites for hydroxylation is 4. The summed E-state index contributed by atoms with van der Waals surface area (Å²) in [5, 5.41) is 6.25. The third-order valence-electron chi connectivity index (χ3n) is 5.41. The summed E-state index contributed by atoms with van der Waals surface area (Å²) in [4.78, 5) is 7.05. The van der Waals surface area contributed by atoms with Gasteiger partial charge in [-0.15, -0.1) is 0 Å². The first-order chi connectivity index (χ1) is 19.6. The van der Waals surface area contributed by atoms with Crippen LogP contribution in [0.15, 0.2) is 85.6 Å². The van der Waals surface area contributed by atoms with E-state index in [1.165, 1.54) is 23.4 Å². The zero-order chi connectivity index (χ0) is 29.4. The second kappa shape index (κ2) is 14.5. The standard InChI is InChI=1S/2C11H11N2.C8H4F3N4.Ir/c2*1-10-4-3-5-11(8-10)13-7-6-12(2)9-13;9-8(10,11)7-13-6(14-15-7)5-3-1-2-4-12-5;/h2*3-4,6-8H,1-2H3;1-4H;/q3*-1;. The van der Waals surface area contributed by atoms with Crippen LogP contribution in [0.2, 0.25) is 0 Å². The summed E-state index contributed by atoms with van der Waals surface area (Å²) in [5.74, 6) is -1.37. The molecule has 1 radical (unpaired) electrons. The molecule has 0 saturated carbocycles. The molecule has 12 heteroatoms. The summed E-state index contributed by atoms with van der Waals surface area (Å²) in [6.45, 7) is 4.14. The maximum absolute atomic E-state index is 12.1. The molecule has 0 aliphatic heterocycles. The number of halogens is 3. The van der Waals surface area contributed by atoms with Crippen molar-refractivity contribution < 1.29 is 42.4 Å². The van der Waals surface area contributed by atoms with E-state index in [4.69, 9.17) is 0 Å². The van der Waals surface area contributed by atoms with E-state index in [0.29, 0.717) is 0 Å². The Bertz CT molecular complexity index is 1610. The van der Waals surface area contributed by atoms with Gasteiger partial charge in [-0.05, 0) is 18.0 Å². The van der Waals surface area contributed by atoms with E-state index in [-0.39, 0.29) is 31.6 Å². The number of imidazole rings is 2. The monoisotopic (exact) mass is 748 g/mol. The molecule has 0 amide bonds. The average molecular weight is 748 g/mol. The summed E-state index contributed by atoms with van der Waals surface area (Å²) >= 11 is 0. The molecule has 42 heavy (non-hydrogen) atoms. The van der Waals surface area contributed by atoms with E-state index < -0.39 is 12.0 Å². The predicted molar refractivity (Wildman–Crippen MR) is 142 cm³/mol. The van der Waals surface area contributed by atoms with E-state index in [0.717, 1.165) is 11.4 Å². The van der Waals surface area contributed by atoms with Crippen LogP contribution in [0.4, 0.5) is 13.2 Å².